The molecule has 1 aromatic heterocycles. The van der Waals surface area contributed by atoms with Gasteiger partial charge in [-0.15, -0.1) is 0 Å². The van der Waals surface area contributed by atoms with Gasteiger partial charge in [-0.3, -0.25) is 9.59 Å². The Morgan fingerprint density at radius 2 is 1.57 bits per heavy atom. The first-order valence-corrected chi connectivity index (χ1v) is 9.05. The second-order valence-electron chi connectivity index (χ2n) is 6.73. The Labute approximate surface area is 163 Å². The fourth-order valence-electron chi connectivity index (χ4n) is 2.60. The van der Waals surface area contributed by atoms with E-state index in [2.05, 4.69) is 20.8 Å². The van der Waals surface area contributed by atoms with Crippen molar-refractivity contribution in [1.82, 2.24) is 20.8 Å². The summed E-state index contributed by atoms with van der Waals surface area (Å²) in [7, 11) is 0. The van der Waals surface area contributed by atoms with Crippen LogP contribution in [-0.2, 0) is 0 Å². The van der Waals surface area contributed by atoms with Crippen molar-refractivity contribution in [3.63, 3.8) is 0 Å². The predicted octanol–water partition coefficient (Wildman–Crippen LogP) is 3.37. The quantitative estimate of drug-likeness (QED) is 0.685. The van der Waals surface area contributed by atoms with E-state index < -0.39 is 6.04 Å². The van der Waals surface area contributed by atoms with Gasteiger partial charge in [0.15, 0.2) is 0 Å². The molecule has 1 heterocycles. The lowest BCUT2D eigenvalue weighted by Gasteiger charge is -2.09. The van der Waals surface area contributed by atoms with Gasteiger partial charge in [-0.25, -0.2) is 0 Å². The van der Waals surface area contributed by atoms with E-state index in [1.165, 1.54) is 0 Å². The number of carbonyl (C=O) groups excluding carboxylic acids is 2. The van der Waals surface area contributed by atoms with Gasteiger partial charge in [-0.1, -0.05) is 35.5 Å². The zero-order valence-electron chi connectivity index (χ0n) is 16.0. The lowest BCUT2D eigenvalue weighted by molar-refractivity contribution is 0.0928. The zero-order valence-corrected chi connectivity index (χ0v) is 16.0. The smallest absolute Gasteiger partial charge is 0.251 e. The fourth-order valence-corrected chi connectivity index (χ4v) is 2.60. The summed E-state index contributed by atoms with van der Waals surface area (Å²) in [5.41, 5.74) is 1.73. The minimum atomic E-state index is -0.457. The maximum Gasteiger partial charge on any atom is 0.251 e. The number of rotatable bonds is 6. The minimum absolute atomic E-state index is 0.0435. The van der Waals surface area contributed by atoms with Crippen molar-refractivity contribution in [3.8, 4) is 11.4 Å². The Hall–Kier alpha value is -3.48. The van der Waals surface area contributed by atoms with E-state index in [1.807, 2.05) is 19.9 Å². The third kappa shape index (κ3) is 4.62. The molecule has 144 valence electrons. The zero-order chi connectivity index (χ0) is 20.1. The van der Waals surface area contributed by atoms with Gasteiger partial charge in [0, 0.05) is 22.7 Å². The highest BCUT2D eigenvalue weighted by Crippen LogP contribution is 2.20. The number of nitrogens with zero attached hydrogens (tertiary/aromatic N) is 2. The van der Waals surface area contributed by atoms with Crippen LogP contribution in [0.1, 0.15) is 53.4 Å². The molecule has 1 unspecified atom stereocenters. The molecule has 0 fully saturated rings. The maximum absolute atomic E-state index is 12.3. The molecule has 0 spiro atoms. The van der Waals surface area contributed by atoms with E-state index in [1.54, 1.807) is 55.5 Å². The lowest BCUT2D eigenvalue weighted by Crippen LogP contribution is -2.30. The molecular weight excluding hydrogens is 356 g/mol. The second kappa shape index (κ2) is 8.47. The van der Waals surface area contributed by atoms with Crippen LogP contribution in [0.3, 0.4) is 0 Å². The SMILES string of the molecule is CC(C)NC(=O)c1cccc(-c2noc(C(C)NC(=O)c3ccccc3)n2)c1. The predicted molar refractivity (Wildman–Crippen MR) is 105 cm³/mol. The Kier molecular flexibility index (Phi) is 5.84. The molecule has 0 saturated heterocycles. The first-order valence-electron chi connectivity index (χ1n) is 9.05. The van der Waals surface area contributed by atoms with E-state index in [-0.39, 0.29) is 23.7 Å². The highest BCUT2D eigenvalue weighted by atomic mass is 16.5. The number of carbonyl (C=O) groups is 2. The van der Waals surface area contributed by atoms with Gasteiger partial charge in [-0.2, -0.15) is 4.98 Å². The average molecular weight is 378 g/mol. The van der Waals surface area contributed by atoms with Crippen LogP contribution < -0.4 is 10.6 Å². The molecule has 3 rings (SSSR count). The third-order valence-electron chi connectivity index (χ3n) is 4.00. The standard InChI is InChI=1S/C21H22N4O3/c1-13(2)22-20(27)17-11-7-10-16(12-17)18-24-21(28-25-18)14(3)23-19(26)15-8-5-4-6-9-15/h4-14H,1-3H3,(H,22,27)(H,23,26). The summed E-state index contributed by atoms with van der Waals surface area (Å²) < 4.78 is 5.31. The number of benzene rings is 2. The number of amides is 2. The molecule has 2 aromatic carbocycles. The molecule has 0 saturated carbocycles. The third-order valence-corrected chi connectivity index (χ3v) is 4.00. The Balaban J connectivity index is 1.73. The normalized spacial score (nSPS) is 11.9. The van der Waals surface area contributed by atoms with Crippen LogP contribution in [0.2, 0.25) is 0 Å². The maximum atomic E-state index is 12.3. The summed E-state index contributed by atoms with van der Waals surface area (Å²) >= 11 is 0. The molecule has 0 radical (unpaired) electrons. The van der Waals surface area contributed by atoms with Crippen molar-refractivity contribution in [2.45, 2.75) is 32.9 Å². The van der Waals surface area contributed by atoms with Crippen molar-refractivity contribution in [3.05, 3.63) is 71.6 Å². The van der Waals surface area contributed by atoms with Gasteiger partial charge in [0.2, 0.25) is 11.7 Å². The van der Waals surface area contributed by atoms with Crippen molar-refractivity contribution < 1.29 is 14.1 Å². The van der Waals surface area contributed by atoms with E-state index in [4.69, 9.17) is 4.52 Å². The van der Waals surface area contributed by atoms with Crippen LogP contribution in [0, 0.1) is 0 Å². The van der Waals surface area contributed by atoms with Crippen LogP contribution >= 0.6 is 0 Å². The van der Waals surface area contributed by atoms with Crippen molar-refractivity contribution in [2.24, 2.45) is 0 Å². The van der Waals surface area contributed by atoms with E-state index in [0.29, 0.717) is 22.5 Å². The van der Waals surface area contributed by atoms with Crippen LogP contribution in [0.25, 0.3) is 11.4 Å². The number of hydrogen-bond acceptors (Lipinski definition) is 5. The highest BCUT2D eigenvalue weighted by molar-refractivity contribution is 5.95. The monoisotopic (exact) mass is 378 g/mol. The van der Waals surface area contributed by atoms with E-state index in [0.717, 1.165) is 0 Å². The van der Waals surface area contributed by atoms with Gasteiger partial charge >= 0.3 is 0 Å². The molecule has 7 heteroatoms. The highest BCUT2D eigenvalue weighted by Gasteiger charge is 2.18. The molecule has 1 atom stereocenters. The molecule has 3 aromatic rings. The van der Waals surface area contributed by atoms with Crippen molar-refractivity contribution in [2.75, 3.05) is 0 Å². The summed E-state index contributed by atoms with van der Waals surface area (Å²) in [4.78, 5) is 28.8. The Morgan fingerprint density at radius 1 is 0.893 bits per heavy atom. The van der Waals surface area contributed by atoms with Gasteiger partial charge in [0.25, 0.3) is 11.8 Å². The second-order valence-corrected chi connectivity index (χ2v) is 6.73. The summed E-state index contributed by atoms with van der Waals surface area (Å²) in [5, 5.41) is 9.66. The summed E-state index contributed by atoms with van der Waals surface area (Å²) in [6.07, 6.45) is 0. The van der Waals surface area contributed by atoms with Crippen LogP contribution in [0.5, 0.6) is 0 Å². The number of aromatic nitrogens is 2. The molecular formula is C21H22N4O3. The molecule has 7 nitrogen and oxygen atoms in total. The molecule has 28 heavy (non-hydrogen) atoms. The molecule has 0 aliphatic heterocycles. The molecule has 0 bridgehead atoms. The summed E-state index contributed by atoms with van der Waals surface area (Å²) in [6.45, 7) is 5.57. The van der Waals surface area contributed by atoms with Gasteiger partial charge in [0.05, 0.1) is 0 Å². The van der Waals surface area contributed by atoms with Crippen molar-refractivity contribution in [1.29, 1.82) is 0 Å². The Morgan fingerprint density at radius 3 is 2.29 bits per heavy atom. The van der Waals surface area contributed by atoms with E-state index >= 15 is 0 Å². The molecule has 2 amide bonds. The molecule has 0 aliphatic rings. The lowest BCUT2D eigenvalue weighted by atomic mass is 10.1. The van der Waals surface area contributed by atoms with Gasteiger partial charge < -0.3 is 15.2 Å². The number of nitrogens with one attached hydrogen (secondary N) is 2. The first kappa shape index (κ1) is 19.3. The van der Waals surface area contributed by atoms with E-state index in [9.17, 15) is 9.59 Å². The fraction of sp³-hybridized carbons (Fsp3) is 0.238. The van der Waals surface area contributed by atoms with Gasteiger partial charge in [-0.05, 0) is 45.0 Å². The largest absolute Gasteiger partial charge is 0.350 e. The average Bonchev–Trinajstić information content (AvgIpc) is 3.18. The summed E-state index contributed by atoms with van der Waals surface area (Å²) in [5.74, 6) is 0.260. The molecule has 2 N–H and O–H groups in total. The molecule has 0 aliphatic carbocycles. The van der Waals surface area contributed by atoms with Crippen LogP contribution in [0.4, 0.5) is 0 Å². The minimum Gasteiger partial charge on any atom is -0.350 e. The van der Waals surface area contributed by atoms with Crippen LogP contribution in [0.15, 0.2) is 59.1 Å². The summed E-state index contributed by atoms with van der Waals surface area (Å²) in [6, 6.07) is 15.5. The topological polar surface area (TPSA) is 97.1 Å². The first-order chi connectivity index (χ1) is 13.4. The number of hydrogen-bond donors (Lipinski definition) is 2. The van der Waals surface area contributed by atoms with Crippen LogP contribution in [-0.4, -0.2) is 28.0 Å². The van der Waals surface area contributed by atoms with Crippen molar-refractivity contribution >= 4 is 11.8 Å². The Bertz CT molecular complexity index is 967. The van der Waals surface area contributed by atoms with Gasteiger partial charge in [0.1, 0.15) is 6.04 Å².